The van der Waals surface area contributed by atoms with Crippen LogP contribution in [-0.2, 0) is 25.8 Å². The summed E-state index contributed by atoms with van der Waals surface area (Å²) in [7, 11) is -4.77. The van der Waals surface area contributed by atoms with Gasteiger partial charge in [-0.3, -0.25) is 8.98 Å². The van der Waals surface area contributed by atoms with Crippen molar-refractivity contribution in [1.29, 1.82) is 0 Å². The number of aliphatic hydroxyl groups is 2. The second kappa shape index (κ2) is 13.6. The average Bonchev–Trinajstić information content (AvgIpc) is 3.32. The van der Waals surface area contributed by atoms with Gasteiger partial charge in [0.15, 0.2) is 11.5 Å². The van der Waals surface area contributed by atoms with Crippen LogP contribution >= 0.6 is 0 Å². The van der Waals surface area contributed by atoms with E-state index in [2.05, 4.69) is 32.2 Å². The first kappa shape index (κ1) is 37.2. The van der Waals surface area contributed by atoms with Crippen molar-refractivity contribution in [2.45, 2.75) is 130 Å². The third kappa shape index (κ3) is 7.37. The van der Waals surface area contributed by atoms with Crippen molar-refractivity contribution in [3.05, 3.63) is 34.9 Å². The second-order valence-corrected chi connectivity index (χ2v) is 17.7. The van der Waals surface area contributed by atoms with E-state index in [0.29, 0.717) is 44.1 Å². The lowest BCUT2D eigenvalue weighted by Crippen LogP contribution is -2.86. The molecule has 6 N–H and O–H groups in total. The number of carbonyl (C=O) groups is 1. The van der Waals surface area contributed by atoms with Gasteiger partial charge in [0.25, 0.3) is 0 Å². The van der Waals surface area contributed by atoms with Gasteiger partial charge < -0.3 is 30.3 Å². The number of ketones is 1. The van der Waals surface area contributed by atoms with Crippen LogP contribution in [0.15, 0.2) is 23.8 Å². The molecule has 0 radical (unpaired) electrons. The normalized spacial score (nSPS) is 37.1. The second-order valence-electron chi connectivity index (χ2n) is 16.7. The number of hydrogen-bond acceptors (Lipinski definition) is 9. The van der Waals surface area contributed by atoms with Gasteiger partial charge in [-0.15, -0.1) is 0 Å². The number of nitrogens with two attached hydrogens (primary N) is 1. The molecule has 1 aromatic carbocycles. The van der Waals surface area contributed by atoms with E-state index in [-0.39, 0.29) is 58.2 Å². The molecule has 3 saturated carbocycles. The van der Waals surface area contributed by atoms with Crippen molar-refractivity contribution in [2.24, 2.45) is 40.4 Å². The quantitative estimate of drug-likeness (QED) is 0.120. The zero-order valence-corrected chi connectivity index (χ0v) is 30.3. The summed E-state index contributed by atoms with van der Waals surface area (Å²) in [6.45, 7) is 13.5. The number of aromatic hydroxyl groups is 2. The fourth-order valence-electron chi connectivity index (χ4n) is 10.8. The number of Topliss-reactive ketones (excluding diaryl/α,β-unsaturated/α-hetero) is 1. The maximum atomic E-state index is 12.6. The van der Waals surface area contributed by atoms with E-state index in [4.69, 9.17) is 4.18 Å². The molecule has 10 nitrogen and oxygen atoms in total. The van der Waals surface area contributed by atoms with E-state index in [1.165, 1.54) is 5.57 Å². The smallest absolute Gasteiger partial charge is 0.217 e. The Morgan fingerprint density at radius 2 is 1.81 bits per heavy atom. The molecule has 1 aromatic rings. The predicted molar refractivity (Wildman–Crippen MR) is 180 cm³/mol. The summed E-state index contributed by atoms with van der Waals surface area (Å²) in [6, 6.07) is 3.73. The molecule has 5 aliphatic rings. The Balaban J connectivity index is 0.000000288. The molecule has 6 rings (SSSR count). The Morgan fingerprint density at radius 3 is 2.48 bits per heavy atom. The number of phenols is 2. The van der Waals surface area contributed by atoms with Crippen LogP contribution in [0.3, 0.4) is 0 Å². The minimum Gasteiger partial charge on any atom is -0.726 e. The van der Waals surface area contributed by atoms with Crippen molar-refractivity contribution in [3.63, 3.8) is 0 Å². The lowest BCUT2D eigenvalue weighted by molar-refractivity contribution is -0.695. The van der Waals surface area contributed by atoms with Gasteiger partial charge in [0.1, 0.15) is 11.8 Å². The van der Waals surface area contributed by atoms with E-state index in [1.54, 1.807) is 12.1 Å². The summed E-state index contributed by atoms with van der Waals surface area (Å²) >= 11 is 0. The third-order valence-electron chi connectivity index (χ3n) is 12.9. The predicted octanol–water partition coefficient (Wildman–Crippen LogP) is 4.42. The van der Waals surface area contributed by atoms with Crippen molar-refractivity contribution >= 4 is 16.2 Å². The van der Waals surface area contributed by atoms with E-state index in [0.717, 1.165) is 43.4 Å². The van der Waals surface area contributed by atoms with Gasteiger partial charge in [0, 0.05) is 24.8 Å². The molecule has 270 valence electrons. The third-order valence-corrected chi connectivity index (χ3v) is 13.4. The van der Waals surface area contributed by atoms with Crippen LogP contribution in [0.25, 0.3) is 0 Å². The van der Waals surface area contributed by atoms with Crippen molar-refractivity contribution < 1.29 is 47.7 Å². The molecule has 3 fully saturated rings. The highest BCUT2D eigenvalue weighted by atomic mass is 32.3. The Kier molecular flexibility index (Phi) is 10.6. The lowest BCUT2D eigenvalue weighted by Gasteiger charge is -2.59. The maximum Gasteiger partial charge on any atom is 0.217 e. The monoisotopic (exact) mass is 691 g/mol. The number of hydrogen-bond donors (Lipinski definition) is 5. The van der Waals surface area contributed by atoms with Crippen LogP contribution in [-0.4, -0.2) is 63.5 Å². The summed E-state index contributed by atoms with van der Waals surface area (Å²) in [5.74, 6) is 0.768. The molecule has 0 amide bonds. The highest BCUT2D eigenvalue weighted by Gasteiger charge is 2.61. The number of rotatable bonds is 7. The topological polar surface area (TPSA) is 181 Å². The first-order chi connectivity index (χ1) is 22.2. The zero-order chi connectivity index (χ0) is 35.4. The van der Waals surface area contributed by atoms with Crippen LogP contribution in [0.2, 0.25) is 0 Å². The molecule has 3 unspecified atom stereocenters. The number of aliphatic hydroxyl groups excluding tert-OH is 1. The average molecular weight is 692 g/mol. The van der Waals surface area contributed by atoms with E-state index < -0.39 is 28.2 Å². The molecule has 0 bridgehead atoms. The largest absolute Gasteiger partial charge is 0.726 e. The summed E-state index contributed by atoms with van der Waals surface area (Å²) < 4.78 is 38.2. The molecule has 0 saturated heterocycles. The number of fused-ring (bicyclic) bond motifs is 6. The molecule has 11 heteroatoms. The van der Waals surface area contributed by atoms with Crippen LogP contribution in [0.4, 0.5) is 0 Å². The Labute approximate surface area is 286 Å². The lowest BCUT2D eigenvalue weighted by atomic mass is 9.47. The van der Waals surface area contributed by atoms with Crippen LogP contribution in [0.1, 0.15) is 116 Å². The number of phenolic OH excluding ortho intramolecular Hbond substituents is 2. The van der Waals surface area contributed by atoms with Gasteiger partial charge in [-0.25, -0.2) is 8.42 Å². The highest BCUT2D eigenvalue weighted by Crippen LogP contribution is 2.67. The fourth-order valence-corrected chi connectivity index (χ4v) is 11.3. The van der Waals surface area contributed by atoms with Crippen LogP contribution < -0.4 is 5.32 Å². The SMILES string of the molecule is CC(C)CC(=O)C[C@](C)(O)[C@H]1CCC2[C@@H]3CC(O)C4C[C@@H](OS(=O)(=O)[O-])CC[C@]4(C)C3=CC[C@@]21C.C[C@H]1[NH2+]CCc2cc(O)c(O)cc21. The molecular formula is C37H57NO9S. The molecule has 48 heavy (non-hydrogen) atoms. The van der Waals surface area contributed by atoms with Gasteiger partial charge in [-0.05, 0) is 117 Å². The summed E-state index contributed by atoms with van der Waals surface area (Å²) in [5, 5.41) is 43.6. The fraction of sp³-hybridized carbons (Fsp3) is 0.757. The Hall–Kier alpha value is -2.02. The van der Waals surface area contributed by atoms with Gasteiger partial charge >= 0.3 is 0 Å². The van der Waals surface area contributed by atoms with E-state index in [1.807, 2.05) is 20.8 Å². The number of quaternary nitrogens is 1. The molecule has 0 aromatic heterocycles. The van der Waals surface area contributed by atoms with Crippen molar-refractivity contribution in [2.75, 3.05) is 6.54 Å². The number of benzene rings is 1. The minimum atomic E-state index is -4.77. The Morgan fingerprint density at radius 1 is 1.12 bits per heavy atom. The van der Waals surface area contributed by atoms with Gasteiger partial charge in [0.2, 0.25) is 10.4 Å². The van der Waals surface area contributed by atoms with Gasteiger partial charge in [-0.2, -0.15) is 0 Å². The summed E-state index contributed by atoms with van der Waals surface area (Å²) in [4.78, 5) is 12.6. The Bertz CT molecular complexity index is 1510. The van der Waals surface area contributed by atoms with Crippen molar-refractivity contribution in [1.82, 2.24) is 0 Å². The molecule has 1 aliphatic heterocycles. The standard InChI is InChI=1S/C27H44O7S.C10H13NO2/c1-16(2)12-17(28)15-27(5,30)24-7-6-20-19-14-23(29)22-13-18(34-35(31,32)33)8-10-25(22,3)21(19)9-11-26(20,24)4;1-6-8-5-10(13)9(12)4-7(8)2-3-11-6/h9,16,18-20,22-24,29-30H,6-8,10-15H2,1-5H3,(H,31,32,33);4-6,11-13H,2-3H2,1H3/t18-,19-,20?,22?,23?,24-,25+,26-,27-;6-/m01/s1. The minimum absolute atomic E-state index is 0.00662. The molecule has 1 heterocycles. The molecule has 0 spiro atoms. The maximum absolute atomic E-state index is 12.6. The first-order valence-corrected chi connectivity index (χ1v) is 19.2. The molecular weight excluding hydrogens is 634 g/mol. The first-order valence-electron chi connectivity index (χ1n) is 17.9. The van der Waals surface area contributed by atoms with E-state index >= 15 is 0 Å². The van der Waals surface area contributed by atoms with Crippen LogP contribution in [0, 0.1) is 40.4 Å². The van der Waals surface area contributed by atoms with Gasteiger partial charge in [-0.1, -0.05) is 39.3 Å². The van der Waals surface area contributed by atoms with Crippen LogP contribution in [0.5, 0.6) is 11.5 Å². The van der Waals surface area contributed by atoms with Crippen molar-refractivity contribution in [3.8, 4) is 11.5 Å². The van der Waals surface area contributed by atoms with E-state index in [9.17, 15) is 38.2 Å². The number of carbonyl (C=O) groups excluding carboxylic acids is 1. The molecule has 10 atom stereocenters. The zero-order valence-electron chi connectivity index (χ0n) is 29.4. The highest BCUT2D eigenvalue weighted by molar-refractivity contribution is 7.80. The summed E-state index contributed by atoms with van der Waals surface area (Å²) in [5.41, 5.74) is 2.20. The van der Waals surface area contributed by atoms with Gasteiger partial charge in [0.05, 0.1) is 24.4 Å². The number of allylic oxidation sites excluding steroid dienone is 2. The molecule has 4 aliphatic carbocycles. The summed E-state index contributed by atoms with van der Waals surface area (Å²) in [6.07, 6.45) is 7.46.